The van der Waals surface area contributed by atoms with Crippen LogP contribution in [-0.4, -0.2) is 52.1 Å². The van der Waals surface area contributed by atoms with Gasteiger partial charge in [0.2, 0.25) is 0 Å². The molecule has 142 valence electrons. The zero-order valence-corrected chi connectivity index (χ0v) is 16.2. The first-order valence-electron chi connectivity index (χ1n) is 9.53. The first-order chi connectivity index (χ1) is 11.4. The average molecular weight is 344 g/mol. The van der Waals surface area contributed by atoms with E-state index in [1.807, 2.05) is 0 Å². The lowest BCUT2D eigenvalue weighted by Crippen LogP contribution is -2.39. The molecule has 0 aromatic carbocycles. The molecule has 1 heterocycles. The average Bonchev–Trinajstić information content (AvgIpc) is 2.98. The Hall–Kier alpha value is -0.200. The quantitative estimate of drug-likeness (QED) is 0.514. The lowest BCUT2D eigenvalue weighted by Gasteiger charge is -2.42. The van der Waals surface area contributed by atoms with Gasteiger partial charge in [-0.2, -0.15) is 0 Å². The monoisotopic (exact) mass is 343 g/mol. The Morgan fingerprint density at radius 2 is 1.88 bits per heavy atom. The van der Waals surface area contributed by atoms with Gasteiger partial charge >= 0.3 is 0 Å². The van der Waals surface area contributed by atoms with E-state index in [1.165, 1.54) is 19.3 Å². The van der Waals surface area contributed by atoms with Crippen molar-refractivity contribution in [3.63, 3.8) is 0 Å². The topological polar surface area (TPSA) is 49.0 Å². The van der Waals surface area contributed by atoms with E-state index in [9.17, 15) is 0 Å². The van der Waals surface area contributed by atoms with Gasteiger partial charge in [0.15, 0.2) is 12.1 Å². The maximum Gasteiger partial charge on any atom is 0.169 e. The normalized spacial score (nSPS) is 31.2. The minimum absolute atomic E-state index is 0.186. The molecule has 0 aromatic heterocycles. The third kappa shape index (κ3) is 5.15. The molecule has 2 rings (SSSR count). The van der Waals surface area contributed by atoms with E-state index < -0.39 is 0 Å². The third-order valence-electron chi connectivity index (χ3n) is 6.16. The van der Waals surface area contributed by atoms with Crippen LogP contribution in [0.4, 0.5) is 0 Å². The molecule has 1 unspecified atom stereocenters. The summed E-state index contributed by atoms with van der Waals surface area (Å²) in [6.45, 7) is 9.40. The summed E-state index contributed by atoms with van der Waals surface area (Å²) in [5.41, 5.74) is 0.433. The Labute approximate surface area is 147 Å². The fraction of sp³-hybridized carbons (Fsp3) is 1.00. The van der Waals surface area contributed by atoms with Crippen LogP contribution in [0.2, 0.25) is 0 Å². The predicted molar refractivity (Wildman–Crippen MR) is 94.9 cm³/mol. The molecule has 1 aliphatic heterocycles. The van der Waals surface area contributed by atoms with E-state index in [0.717, 1.165) is 38.3 Å². The number of ether oxygens (including phenoxy) is 4. The fourth-order valence-corrected chi connectivity index (χ4v) is 3.89. The molecule has 5 heteroatoms. The standard InChI is InChI=1S/C19H37NO4/c1-6-18(2,3)15-7-10-19(11-8-15)23-14-16(24-19)9-12-20-13-17(21-4)22-5/h15-17,20H,6-14H2,1-5H3. The first kappa shape index (κ1) is 20.1. The van der Waals surface area contributed by atoms with Gasteiger partial charge in [-0.1, -0.05) is 27.2 Å². The van der Waals surface area contributed by atoms with Gasteiger partial charge in [-0.3, -0.25) is 0 Å². The predicted octanol–water partition coefficient (Wildman–Crippen LogP) is 3.32. The lowest BCUT2D eigenvalue weighted by atomic mass is 9.68. The van der Waals surface area contributed by atoms with Crippen molar-refractivity contribution in [1.82, 2.24) is 5.32 Å². The molecule has 1 saturated carbocycles. The van der Waals surface area contributed by atoms with Crippen LogP contribution in [0.15, 0.2) is 0 Å². The summed E-state index contributed by atoms with van der Waals surface area (Å²) in [7, 11) is 3.31. The van der Waals surface area contributed by atoms with Crippen LogP contribution in [0.3, 0.4) is 0 Å². The van der Waals surface area contributed by atoms with E-state index in [4.69, 9.17) is 18.9 Å². The second kappa shape index (κ2) is 8.95. The summed E-state index contributed by atoms with van der Waals surface area (Å²) in [4.78, 5) is 0. The molecule has 1 aliphatic carbocycles. The van der Waals surface area contributed by atoms with Crippen LogP contribution < -0.4 is 5.32 Å². The summed E-state index contributed by atoms with van der Waals surface area (Å²) in [6, 6.07) is 0. The molecule has 24 heavy (non-hydrogen) atoms. The Morgan fingerprint density at radius 3 is 2.46 bits per heavy atom. The summed E-state index contributed by atoms with van der Waals surface area (Å²) >= 11 is 0. The van der Waals surface area contributed by atoms with Gasteiger partial charge in [0, 0.05) is 33.6 Å². The maximum absolute atomic E-state index is 6.32. The van der Waals surface area contributed by atoms with Crippen molar-refractivity contribution in [2.24, 2.45) is 11.3 Å². The van der Waals surface area contributed by atoms with Crippen molar-refractivity contribution < 1.29 is 18.9 Å². The van der Waals surface area contributed by atoms with Gasteiger partial charge in [-0.25, -0.2) is 0 Å². The molecule has 1 saturated heterocycles. The molecule has 0 aromatic rings. The molecule has 1 spiro atoms. The summed E-state index contributed by atoms with van der Waals surface area (Å²) in [5, 5.41) is 3.35. The van der Waals surface area contributed by atoms with Gasteiger partial charge in [0.1, 0.15) is 0 Å². The van der Waals surface area contributed by atoms with Crippen LogP contribution in [-0.2, 0) is 18.9 Å². The van der Waals surface area contributed by atoms with Gasteiger partial charge in [-0.05, 0) is 37.1 Å². The van der Waals surface area contributed by atoms with Crippen LogP contribution >= 0.6 is 0 Å². The molecule has 2 aliphatic rings. The smallest absolute Gasteiger partial charge is 0.169 e. The summed E-state index contributed by atoms with van der Waals surface area (Å²) in [6.07, 6.45) is 6.74. The number of methoxy groups -OCH3 is 2. The van der Waals surface area contributed by atoms with Crippen molar-refractivity contribution in [2.45, 2.75) is 77.5 Å². The molecular formula is C19H37NO4. The van der Waals surface area contributed by atoms with Crippen molar-refractivity contribution >= 4 is 0 Å². The van der Waals surface area contributed by atoms with Crippen LogP contribution in [0.1, 0.15) is 59.3 Å². The second-order valence-electron chi connectivity index (χ2n) is 7.97. The summed E-state index contributed by atoms with van der Waals surface area (Å²) < 4.78 is 22.8. The van der Waals surface area contributed by atoms with Gasteiger partial charge in [0.05, 0.1) is 12.7 Å². The molecule has 0 amide bonds. The minimum Gasteiger partial charge on any atom is -0.355 e. The Morgan fingerprint density at radius 1 is 1.21 bits per heavy atom. The van der Waals surface area contributed by atoms with E-state index in [1.54, 1.807) is 14.2 Å². The lowest BCUT2D eigenvalue weighted by molar-refractivity contribution is -0.197. The van der Waals surface area contributed by atoms with E-state index in [-0.39, 0.29) is 18.2 Å². The van der Waals surface area contributed by atoms with Crippen molar-refractivity contribution in [3.8, 4) is 0 Å². The zero-order valence-electron chi connectivity index (χ0n) is 16.2. The Bertz CT molecular complexity index is 362. The SMILES string of the molecule is CCC(C)(C)C1CCC2(CC1)OCC(CCNCC(OC)OC)O2. The van der Waals surface area contributed by atoms with Crippen molar-refractivity contribution in [3.05, 3.63) is 0 Å². The van der Waals surface area contributed by atoms with Gasteiger partial charge < -0.3 is 24.3 Å². The van der Waals surface area contributed by atoms with Crippen LogP contribution in [0.25, 0.3) is 0 Å². The third-order valence-corrected chi connectivity index (χ3v) is 6.16. The maximum atomic E-state index is 6.32. The van der Waals surface area contributed by atoms with Crippen molar-refractivity contribution in [2.75, 3.05) is 33.9 Å². The highest BCUT2D eigenvalue weighted by Gasteiger charge is 2.46. The number of hydrogen-bond acceptors (Lipinski definition) is 5. The highest BCUT2D eigenvalue weighted by Crippen LogP contribution is 2.47. The number of hydrogen-bond donors (Lipinski definition) is 1. The van der Waals surface area contributed by atoms with Crippen LogP contribution in [0, 0.1) is 11.3 Å². The molecule has 5 nitrogen and oxygen atoms in total. The molecule has 0 bridgehead atoms. The van der Waals surface area contributed by atoms with E-state index in [0.29, 0.717) is 12.0 Å². The largest absolute Gasteiger partial charge is 0.355 e. The highest BCUT2D eigenvalue weighted by molar-refractivity contribution is 4.89. The molecule has 1 atom stereocenters. The highest BCUT2D eigenvalue weighted by atomic mass is 16.7. The van der Waals surface area contributed by atoms with E-state index in [2.05, 4.69) is 26.1 Å². The zero-order chi connectivity index (χ0) is 17.6. The number of nitrogens with one attached hydrogen (secondary N) is 1. The first-order valence-corrected chi connectivity index (χ1v) is 9.53. The molecular weight excluding hydrogens is 306 g/mol. The molecule has 0 radical (unpaired) electrons. The Kier molecular flexibility index (Phi) is 7.50. The number of rotatable bonds is 9. The molecule has 1 N–H and O–H groups in total. The van der Waals surface area contributed by atoms with E-state index >= 15 is 0 Å². The van der Waals surface area contributed by atoms with Crippen LogP contribution in [0.5, 0.6) is 0 Å². The van der Waals surface area contributed by atoms with Gasteiger partial charge in [-0.15, -0.1) is 0 Å². The summed E-state index contributed by atoms with van der Waals surface area (Å²) in [5.74, 6) is 0.494. The van der Waals surface area contributed by atoms with Gasteiger partial charge in [0.25, 0.3) is 0 Å². The second-order valence-corrected chi connectivity index (χ2v) is 7.97. The fourth-order valence-electron chi connectivity index (χ4n) is 3.89. The van der Waals surface area contributed by atoms with Crippen molar-refractivity contribution in [1.29, 1.82) is 0 Å². The Balaban J connectivity index is 1.68. The molecule has 2 fully saturated rings. The minimum atomic E-state index is -0.299.